The van der Waals surface area contributed by atoms with E-state index in [4.69, 9.17) is 0 Å². The highest BCUT2D eigenvalue weighted by Crippen LogP contribution is 2.28. The van der Waals surface area contributed by atoms with Gasteiger partial charge < -0.3 is 0 Å². The quantitative estimate of drug-likeness (QED) is 0.613. The second-order valence-electron chi connectivity index (χ2n) is 4.39. The van der Waals surface area contributed by atoms with Gasteiger partial charge in [-0.1, -0.05) is 23.8 Å². The number of nitrogens with zero attached hydrogens (tertiary/aromatic N) is 1. The summed E-state index contributed by atoms with van der Waals surface area (Å²) in [5.74, 6) is -0.215. The fourth-order valence-electron chi connectivity index (χ4n) is 2.14. The van der Waals surface area contributed by atoms with Crippen LogP contribution in [0, 0.1) is 12.7 Å². The average molecular weight is 237 g/mol. The molecule has 3 aromatic rings. The molecule has 1 aromatic heterocycles. The van der Waals surface area contributed by atoms with E-state index in [1.807, 2.05) is 18.2 Å². The van der Waals surface area contributed by atoms with Gasteiger partial charge in [-0.25, -0.2) is 4.39 Å². The van der Waals surface area contributed by atoms with E-state index in [-0.39, 0.29) is 5.82 Å². The Kier molecular flexibility index (Phi) is 2.56. The third kappa shape index (κ3) is 1.86. The van der Waals surface area contributed by atoms with Crippen LogP contribution >= 0.6 is 0 Å². The molecule has 0 fully saturated rings. The topological polar surface area (TPSA) is 12.9 Å². The van der Waals surface area contributed by atoms with E-state index in [1.165, 1.54) is 17.7 Å². The molecule has 0 spiro atoms. The molecule has 1 nitrogen and oxygen atoms in total. The number of fused-ring (bicyclic) bond motifs is 1. The SMILES string of the molecule is Cc1ccc2nccc(-c3ccc(F)cc3)c2c1. The van der Waals surface area contributed by atoms with Gasteiger partial charge in [-0.3, -0.25) is 4.98 Å². The third-order valence-electron chi connectivity index (χ3n) is 3.05. The molecule has 0 aliphatic heterocycles. The maximum Gasteiger partial charge on any atom is 0.123 e. The van der Waals surface area contributed by atoms with Crippen LogP contribution in [0.3, 0.4) is 0 Å². The number of aromatic nitrogens is 1. The number of hydrogen-bond acceptors (Lipinski definition) is 1. The Morgan fingerprint density at radius 1 is 0.944 bits per heavy atom. The summed E-state index contributed by atoms with van der Waals surface area (Å²) in [7, 11) is 0. The molecule has 1 heterocycles. The maximum atomic E-state index is 13.0. The Balaban J connectivity index is 2.28. The van der Waals surface area contributed by atoms with Crippen molar-refractivity contribution in [3.8, 4) is 11.1 Å². The highest BCUT2D eigenvalue weighted by atomic mass is 19.1. The zero-order valence-electron chi connectivity index (χ0n) is 10.0. The number of halogens is 1. The standard InChI is InChI=1S/C16H12FN/c1-11-2-7-16-15(10-11)14(8-9-18-16)12-3-5-13(17)6-4-12/h2-10H,1H3. The minimum atomic E-state index is -0.215. The van der Waals surface area contributed by atoms with Crippen LogP contribution in [-0.2, 0) is 0 Å². The van der Waals surface area contributed by atoms with Crippen molar-refractivity contribution in [2.45, 2.75) is 6.92 Å². The molecule has 18 heavy (non-hydrogen) atoms. The maximum absolute atomic E-state index is 13.0. The molecule has 0 atom stereocenters. The Hall–Kier alpha value is -2.22. The van der Waals surface area contributed by atoms with E-state index < -0.39 is 0 Å². The first-order valence-corrected chi connectivity index (χ1v) is 5.85. The van der Waals surface area contributed by atoms with Gasteiger partial charge in [0.25, 0.3) is 0 Å². The Labute approximate surface area is 105 Å². The van der Waals surface area contributed by atoms with Crippen molar-refractivity contribution in [3.63, 3.8) is 0 Å². The smallest absolute Gasteiger partial charge is 0.123 e. The van der Waals surface area contributed by atoms with E-state index in [0.717, 1.165) is 22.0 Å². The van der Waals surface area contributed by atoms with E-state index in [1.54, 1.807) is 18.3 Å². The number of rotatable bonds is 1. The van der Waals surface area contributed by atoms with Crippen LogP contribution in [0.4, 0.5) is 4.39 Å². The van der Waals surface area contributed by atoms with Crippen LogP contribution < -0.4 is 0 Å². The lowest BCUT2D eigenvalue weighted by atomic mass is 10.0. The van der Waals surface area contributed by atoms with Gasteiger partial charge in [0.05, 0.1) is 5.52 Å². The molecule has 0 amide bonds. The lowest BCUT2D eigenvalue weighted by molar-refractivity contribution is 0.628. The van der Waals surface area contributed by atoms with Crippen LogP contribution in [0.15, 0.2) is 54.7 Å². The van der Waals surface area contributed by atoms with Crippen molar-refractivity contribution in [1.82, 2.24) is 4.98 Å². The minimum absolute atomic E-state index is 0.215. The summed E-state index contributed by atoms with van der Waals surface area (Å²) in [6.45, 7) is 2.06. The van der Waals surface area contributed by atoms with Crippen LogP contribution in [0.25, 0.3) is 22.0 Å². The van der Waals surface area contributed by atoms with Crippen molar-refractivity contribution in [1.29, 1.82) is 0 Å². The number of hydrogen-bond donors (Lipinski definition) is 0. The van der Waals surface area contributed by atoms with Gasteiger partial charge in [0.15, 0.2) is 0 Å². The van der Waals surface area contributed by atoms with E-state index in [9.17, 15) is 4.39 Å². The fourth-order valence-corrected chi connectivity index (χ4v) is 2.14. The molecule has 3 rings (SSSR count). The van der Waals surface area contributed by atoms with Gasteiger partial charge in [-0.15, -0.1) is 0 Å². The van der Waals surface area contributed by atoms with Gasteiger partial charge in [0.1, 0.15) is 5.82 Å². The molecule has 0 bridgehead atoms. The molecule has 0 aliphatic carbocycles. The number of pyridine rings is 1. The highest BCUT2D eigenvalue weighted by molar-refractivity contribution is 5.94. The molecule has 88 valence electrons. The van der Waals surface area contributed by atoms with Crippen LogP contribution in [-0.4, -0.2) is 4.98 Å². The van der Waals surface area contributed by atoms with E-state index in [2.05, 4.69) is 18.0 Å². The first kappa shape index (κ1) is 10.9. The summed E-state index contributed by atoms with van der Waals surface area (Å²) in [5, 5.41) is 1.10. The van der Waals surface area contributed by atoms with Crippen LogP contribution in [0.1, 0.15) is 5.56 Å². The zero-order valence-corrected chi connectivity index (χ0v) is 10.0. The molecular weight excluding hydrogens is 225 g/mol. The van der Waals surface area contributed by atoms with Gasteiger partial charge in [0.2, 0.25) is 0 Å². The minimum Gasteiger partial charge on any atom is -0.256 e. The Morgan fingerprint density at radius 3 is 2.50 bits per heavy atom. The Bertz CT molecular complexity index is 702. The number of benzene rings is 2. The summed E-state index contributed by atoms with van der Waals surface area (Å²) in [4.78, 5) is 4.35. The normalized spacial score (nSPS) is 10.8. The third-order valence-corrected chi connectivity index (χ3v) is 3.05. The molecule has 0 saturated carbocycles. The molecular formula is C16H12FN. The average Bonchev–Trinajstić information content (AvgIpc) is 2.39. The van der Waals surface area contributed by atoms with Crippen molar-refractivity contribution >= 4 is 10.9 Å². The lowest BCUT2D eigenvalue weighted by Gasteiger charge is -2.07. The Morgan fingerprint density at radius 2 is 1.72 bits per heavy atom. The summed E-state index contributed by atoms with van der Waals surface area (Å²) in [6, 6.07) is 14.7. The molecule has 0 aliphatic rings. The van der Waals surface area contributed by atoms with Crippen molar-refractivity contribution in [3.05, 3.63) is 66.1 Å². The lowest BCUT2D eigenvalue weighted by Crippen LogP contribution is -1.85. The monoisotopic (exact) mass is 237 g/mol. The van der Waals surface area contributed by atoms with Crippen molar-refractivity contribution < 1.29 is 4.39 Å². The predicted octanol–water partition coefficient (Wildman–Crippen LogP) is 4.35. The molecule has 0 unspecified atom stereocenters. The summed E-state index contributed by atoms with van der Waals surface area (Å²) < 4.78 is 13.0. The van der Waals surface area contributed by atoms with Gasteiger partial charge >= 0.3 is 0 Å². The zero-order chi connectivity index (χ0) is 12.5. The largest absolute Gasteiger partial charge is 0.256 e. The molecule has 0 N–H and O–H groups in total. The number of aryl methyl sites for hydroxylation is 1. The first-order valence-electron chi connectivity index (χ1n) is 5.85. The van der Waals surface area contributed by atoms with E-state index in [0.29, 0.717) is 0 Å². The molecule has 2 aromatic carbocycles. The summed E-state index contributed by atoms with van der Waals surface area (Å²) >= 11 is 0. The van der Waals surface area contributed by atoms with Gasteiger partial charge in [-0.2, -0.15) is 0 Å². The van der Waals surface area contributed by atoms with Gasteiger partial charge in [-0.05, 0) is 48.4 Å². The van der Waals surface area contributed by atoms with Crippen LogP contribution in [0.5, 0.6) is 0 Å². The van der Waals surface area contributed by atoms with Gasteiger partial charge in [0, 0.05) is 11.6 Å². The summed E-state index contributed by atoms with van der Waals surface area (Å²) in [5.41, 5.74) is 4.25. The molecule has 2 heteroatoms. The summed E-state index contributed by atoms with van der Waals surface area (Å²) in [6.07, 6.45) is 1.79. The predicted molar refractivity (Wildman–Crippen MR) is 71.9 cm³/mol. The fraction of sp³-hybridized carbons (Fsp3) is 0.0625. The van der Waals surface area contributed by atoms with Crippen molar-refractivity contribution in [2.24, 2.45) is 0 Å². The second-order valence-corrected chi connectivity index (χ2v) is 4.39. The first-order chi connectivity index (χ1) is 8.74. The molecule has 0 radical (unpaired) electrons. The van der Waals surface area contributed by atoms with E-state index >= 15 is 0 Å². The molecule has 0 saturated heterocycles. The highest BCUT2D eigenvalue weighted by Gasteiger charge is 2.04. The van der Waals surface area contributed by atoms with Crippen molar-refractivity contribution in [2.75, 3.05) is 0 Å². The second kappa shape index (κ2) is 4.22. The van der Waals surface area contributed by atoms with Crippen LogP contribution in [0.2, 0.25) is 0 Å².